The van der Waals surface area contributed by atoms with Crippen LogP contribution in [0, 0.1) is 11.8 Å². The van der Waals surface area contributed by atoms with Crippen LogP contribution in [0.1, 0.15) is 50.7 Å². The molecule has 3 aliphatic heterocycles. The van der Waals surface area contributed by atoms with Crippen LogP contribution in [-0.4, -0.2) is 55.6 Å². The number of methoxy groups -OCH3 is 1. The van der Waals surface area contributed by atoms with E-state index in [2.05, 4.69) is 11.8 Å². The largest absolute Gasteiger partial charge is 0.497 e. The second-order valence-electron chi connectivity index (χ2n) is 9.89. The summed E-state index contributed by atoms with van der Waals surface area (Å²) in [6, 6.07) is 14.8. The number of piperidine rings is 1. The Labute approximate surface area is 202 Å². The number of rotatable bonds is 8. The van der Waals surface area contributed by atoms with Crippen molar-refractivity contribution in [1.29, 1.82) is 0 Å². The molecule has 3 aliphatic rings. The van der Waals surface area contributed by atoms with Gasteiger partial charge in [0, 0.05) is 24.5 Å². The third kappa shape index (κ3) is 4.84. The zero-order chi connectivity index (χ0) is 23.5. The summed E-state index contributed by atoms with van der Waals surface area (Å²) in [4.78, 5) is 2.66. The van der Waals surface area contributed by atoms with Crippen LogP contribution >= 0.6 is 0 Å². The maximum Gasteiger partial charge on any atom is 0.161 e. The zero-order valence-corrected chi connectivity index (χ0v) is 20.3. The van der Waals surface area contributed by atoms with E-state index in [-0.39, 0.29) is 5.92 Å². The quantitative estimate of drug-likeness (QED) is 0.560. The van der Waals surface area contributed by atoms with E-state index in [0.29, 0.717) is 37.8 Å². The lowest BCUT2D eigenvalue weighted by Gasteiger charge is -2.37. The van der Waals surface area contributed by atoms with Crippen molar-refractivity contribution in [3.63, 3.8) is 0 Å². The third-order valence-corrected chi connectivity index (χ3v) is 7.90. The molecule has 2 fully saturated rings. The Morgan fingerprint density at radius 2 is 1.79 bits per heavy atom. The summed E-state index contributed by atoms with van der Waals surface area (Å²) in [6.45, 7) is 5.10. The summed E-state index contributed by atoms with van der Waals surface area (Å²) in [7, 11) is 1.67. The molecule has 6 nitrogen and oxygen atoms in total. The molecule has 0 radical (unpaired) electrons. The van der Waals surface area contributed by atoms with Crippen molar-refractivity contribution in [2.75, 3.05) is 33.5 Å². The minimum Gasteiger partial charge on any atom is -0.497 e. The maximum atomic E-state index is 11.5. The molecular weight excluding hydrogens is 430 g/mol. The second-order valence-corrected chi connectivity index (χ2v) is 9.89. The van der Waals surface area contributed by atoms with Gasteiger partial charge in [0.2, 0.25) is 0 Å². The lowest BCUT2D eigenvalue weighted by molar-refractivity contribution is 0.0828. The van der Waals surface area contributed by atoms with Crippen LogP contribution in [0.5, 0.6) is 23.0 Å². The molecule has 2 saturated heterocycles. The average Bonchev–Trinajstić information content (AvgIpc) is 3.26. The van der Waals surface area contributed by atoms with Crippen LogP contribution in [0.4, 0.5) is 0 Å². The van der Waals surface area contributed by atoms with Gasteiger partial charge in [-0.1, -0.05) is 12.5 Å². The van der Waals surface area contributed by atoms with Crippen LogP contribution in [0.3, 0.4) is 0 Å². The summed E-state index contributed by atoms with van der Waals surface area (Å²) in [5, 5.41) is 11.5. The Morgan fingerprint density at radius 3 is 2.59 bits per heavy atom. The molecule has 3 heterocycles. The van der Waals surface area contributed by atoms with Gasteiger partial charge in [0.15, 0.2) is 11.5 Å². The SMILES string of the molecule is COc1ccc(OCCCC2C(C(O)c3ccc4c(c3)OCCO4)CN3C(C)CCCC23)cc1. The van der Waals surface area contributed by atoms with Crippen molar-refractivity contribution in [3.05, 3.63) is 48.0 Å². The Bertz CT molecular complexity index is 948. The smallest absolute Gasteiger partial charge is 0.161 e. The molecule has 0 bridgehead atoms. The molecule has 0 amide bonds. The first-order valence-electron chi connectivity index (χ1n) is 12.7. The van der Waals surface area contributed by atoms with Gasteiger partial charge in [-0.2, -0.15) is 0 Å². The van der Waals surface area contributed by atoms with E-state index in [1.165, 1.54) is 19.3 Å². The van der Waals surface area contributed by atoms with Crippen molar-refractivity contribution in [2.45, 2.75) is 57.2 Å². The zero-order valence-electron chi connectivity index (χ0n) is 20.3. The van der Waals surface area contributed by atoms with Crippen LogP contribution < -0.4 is 18.9 Å². The molecule has 0 spiro atoms. The van der Waals surface area contributed by atoms with E-state index in [9.17, 15) is 5.11 Å². The number of nitrogens with zero attached hydrogens (tertiary/aromatic N) is 1. The van der Waals surface area contributed by atoms with Crippen LogP contribution in [0.15, 0.2) is 42.5 Å². The Balaban J connectivity index is 1.26. The van der Waals surface area contributed by atoms with E-state index in [1.807, 2.05) is 42.5 Å². The van der Waals surface area contributed by atoms with Gasteiger partial charge >= 0.3 is 0 Å². The topological polar surface area (TPSA) is 60.4 Å². The fourth-order valence-corrected chi connectivity index (χ4v) is 6.13. The first-order valence-corrected chi connectivity index (χ1v) is 12.7. The number of aliphatic hydroxyl groups excluding tert-OH is 1. The predicted molar refractivity (Wildman–Crippen MR) is 131 cm³/mol. The summed E-state index contributed by atoms with van der Waals surface area (Å²) < 4.78 is 22.7. The fraction of sp³-hybridized carbons (Fsp3) is 0.571. The molecule has 0 aromatic heterocycles. The highest BCUT2D eigenvalue weighted by atomic mass is 16.6. The minimum atomic E-state index is -0.513. The van der Waals surface area contributed by atoms with Gasteiger partial charge in [0.05, 0.1) is 19.8 Å². The molecule has 34 heavy (non-hydrogen) atoms. The van der Waals surface area contributed by atoms with Gasteiger partial charge < -0.3 is 24.1 Å². The maximum absolute atomic E-state index is 11.5. The lowest BCUT2D eigenvalue weighted by Crippen LogP contribution is -2.42. The Morgan fingerprint density at radius 1 is 1.03 bits per heavy atom. The second kappa shape index (κ2) is 10.4. The standard InChI is InChI=1S/C28H37NO5/c1-19-5-3-7-25-23(6-4-14-32-22-11-9-21(31-2)10-12-22)24(18-29(19)25)28(30)20-8-13-26-27(17-20)34-16-15-33-26/h8-13,17,19,23-25,28,30H,3-7,14-16,18H2,1-2H3. The minimum absolute atomic E-state index is 0.203. The highest BCUT2D eigenvalue weighted by Gasteiger charge is 2.47. The molecule has 2 aromatic rings. The number of hydrogen-bond acceptors (Lipinski definition) is 6. The predicted octanol–water partition coefficient (Wildman–Crippen LogP) is 4.85. The van der Waals surface area contributed by atoms with Crippen molar-refractivity contribution in [2.24, 2.45) is 11.8 Å². The first kappa shape index (κ1) is 23.3. The normalized spacial score (nSPS) is 27.1. The molecule has 2 aromatic carbocycles. The fourth-order valence-electron chi connectivity index (χ4n) is 6.13. The van der Waals surface area contributed by atoms with E-state index in [1.54, 1.807) is 7.11 Å². The molecule has 1 N–H and O–H groups in total. The van der Waals surface area contributed by atoms with Crippen LogP contribution in [0.2, 0.25) is 0 Å². The molecule has 5 rings (SSSR count). The highest BCUT2D eigenvalue weighted by molar-refractivity contribution is 5.44. The summed E-state index contributed by atoms with van der Waals surface area (Å²) >= 11 is 0. The summed E-state index contributed by atoms with van der Waals surface area (Å²) in [5.74, 6) is 3.87. The molecule has 5 unspecified atom stereocenters. The van der Waals surface area contributed by atoms with Gasteiger partial charge in [-0.25, -0.2) is 0 Å². The molecule has 0 aliphatic carbocycles. The number of fused-ring (bicyclic) bond motifs is 2. The Kier molecular flexibility index (Phi) is 7.16. The van der Waals surface area contributed by atoms with Crippen molar-refractivity contribution in [3.8, 4) is 23.0 Å². The lowest BCUT2D eigenvalue weighted by atomic mass is 9.79. The van der Waals surface area contributed by atoms with Crippen molar-refractivity contribution < 1.29 is 24.1 Å². The molecule has 0 saturated carbocycles. The van der Waals surface area contributed by atoms with Gasteiger partial charge in [0.1, 0.15) is 24.7 Å². The van der Waals surface area contributed by atoms with Crippen LogP contribution in [0.25, 0.3) is 0 Å². The number of aliphatic hydroxyl groups is 1. The number of benzene rings is 2. The summed E-state index contributed by atoms with van der Waals surface area (Å²) in [6.07, 6.45) is 5.25. The highest BCUT2D eigenvalue weighted by Crippen LogP contribution is 2.46. The average molecular weight is 468 g/mol. The van der Waals surface area contributed by atoms with Gasteiger partial charge in [-0.15, -0.1) is 0 Å². The van der Waals surface area contributed by atoms with E-state index in [4.69, 9.17) is 18.9 Å². The number of hydrogen-bond donors (Lipinski definition) is 1. The van der Waals surface area contributed by atoms with E-state index in [0.717, 1.165) is 47.9 Å². The van der Waals surface area contributed by atoms with Gasteiger partial charge in [-0.3, -0.25) is 4.90 Å². The molecule has 5 atom stereocenters. The third-order valence-electron chi connectivity index (χ3n) is 7.90. The van der Waals surface area contributed by atoms with Gasteiger partial charge in [-0.05, 0) is 80.5 Å². The van der Waals surface area contributed by atoms with Gasteiger partial charge in [0.25, 0.3) is 0 Å². The van der Waals surface area contributed by atoms with Crippen molar-refractivity contribution >= 4 is 0 Å². The monoisotopic (exact) mass is 467 g/mol. The molecular formula is C28H37NO5. The molecule has 184 valence electrons. The van der Waals surface area contributed by atoms with Crippen molar-refractivity contribution in [1.82, 2.24) is 4.90 Å². The number of ether oxygens (including phenoxy) is 4. The van der Waals surface area contributed by atoms with Crippen LogP contribution in [-0.2, 0) is 0 Å². The van der Waals surface area contributed by atoms with E-state index < -0.39 is 6.10 Å². The summed E-state index contributed by atoms with van der Waals surface area (Å²) in [5.41, 5.74) is 0.932. The Hall–Kier alpha value is -2.44. The first-order chi connectivity index (χ1) is 16.6. The van der Waals surface area contributed by atoms with E-state index >= 15 is 0 Å². The molecule has 6 heteroatoms.